The van der Waals surface area contributed by atoms with Crippen molar-refractivity contribution < 1.29 is 19.7 Å². The van der Waals surface area contributed by atoms with E-state index in [1.807, 2.05) is 18.2 Å². The van der Waals surface area contributed by atoms with Crippen LogP contribution in [0.4, 0.5) is 0 Å². The molecule has 0 aromatic heterocycles. The number of unbranched alkanes of at least 4 members (excludes halogenated alkanes) is 6. The van der Waals surface area contributed by atoms with Crippen LogP contribution >= 0.6 is 0 Å². The highest BCUT2D eigenvalue weighted by atomic mass is 16.6. The van der Waals surface area contributed by atoms with E-state index in [2.05, 4.69) is 24.3 Å². The molecule has 27 heavy (non-hydrogen) atoms. The second-order valence-electron chi connectivity index (χ2n) is 7.11. The molecule has 0 spiro atoms. The number of ether oxygens (including phenoxy) is 2. The molecule has 1 fully saturated rings. The molecule has 1 saturated heterocycles. The lowest BCUT2D eigenvalue weighted by Gasteiger charge is -2.21. The quantitative estimate of drug-likeness (QED) is 0.238. The van der Waals surface area contributed by atoms with Crippen molar-refractivity contribution in [3.8, 4) is 5.75 Å². The van der Waals surface area contributed by atoms with E-state index >= 15 is 0 Å². The third kappa shape index (κ3) is 19.2. The fraction of sp³-hybridized carbons (Fsp3) is 0.652. The molecule has 2 N–H and O–H groups in total. The van der Waals surface area contributed by atoms with Gasteiger partial charge in [0.15, 0.2) is 0 Å². The van der Waals surface area contributed by atoms with Crippen LogP contribution in [0.2, 0.25) is 0 Å². The van der Waals surface area contributed by atoms with Crippen molar-refractivity contribution in [2.24, 2.45) is 0 Å². The SMILES string of the molecule is C1CO1.C=CCO.CCCCCCCCCc1ccccc1OC(C)(C)O. The van der Waals surface area contributed by atoms with Crippen molar-refractivity contribution in [1.82, 2.24) is 0 Å². The minimum atomic E-state index is -1.11. The van der Waals surface area contributed by atoms with Gasteiger partial charge in [0.05, 0.1) is 19.8 Å². The molecule has 0 aliphatic carbocycles. The zero-order valence-electron chi connectivity index (χ0n) is 17.6. The van der Waals surface area contributed by atoms with Gasteiger partial charge in [-0.2, -0.15) is 0 Å². The van der Waals surface area contributed by atoms with E-state index in [1.54, 1.807) is 13.8 Å². The average Bonchev–Trinajstić information content (AvgIpc) is 3.50. The molecule has 1 aliphatic heterocycles. The van der Waals surface area contributed by atoms with Gasteiger partial charge in [-0.05, 0) is 24.5 Å². The van der Waals surface area contributed by atoms with Crippen molar-refractivity contribution in [1.29, 1.82) is 0 Å². The third-order valence-electron chi connectivity index (χ3n) is 3.72. The molecule has 0 atom stereocenters. The van der Waals surface area contributed by atoms with E-state index in [0.717, 1.165) is 25.4 Å². The van der Waals surface area contributed by atoms with Crippen LogP contribution in [0.15, 0.2) is 36.9 Å². The van der Waals surface area contributed by atoms with E-state index in [4.69, 9.17) is 9.84 Å². The summed E-state index contributed by atoms with van der Waals surface area (Å²) in [4.78, 5) is 0. The largest absolute Gasteiger partial charge is 0.463 e. The lowest BCUT2D eigenvalue weighted by molar-refractivity contribution is -0.105. The molecule has 1 aromatic carbocycles. The van der Waals surface area contributed by atoms with Crippen LogP contribution in [0.25, 0.3) is 0 Å². The highest BCUT2D eigenvalue weighted by Gasteiger charge is 2.15. The minimum Gasteiger partial charge on any atom is -0.463 e. The van der Waals surface area contributed by atoms with E-state index in [9.17, 15) is 5.11 Å². The number of benzene rings is 1. The number of hydrogen-bond acceptors (Lipinski definition) is 4. The molecule has 0 radical (unpaired) electrons. The highest BCUT2D eigenvalue weighted by Crippen LogP contribution is 2.24. The van der Waals surface area contributed by atoms with Crippen LogP contribution in [0.3, 0.4) is 0 Å². The maximum Gasteiger partial charge on any atom is 0.202 e. The number of epoxide rings is 1. The predicted octanol–water partition coefficient (Wildman–Crippen LogP) is 5.27. The number of para-hydroxylation sites is 1. The van der Waals surface area contributed by atoms with Gasteiger partial charge in [-0.1, -0.05) is 69.7 Å². The maximum absolute atomic E-state index is 9.77. The molecule has 4 heteroatoms. The maximum atomic E-state index is 9.77. The standard InChI is InChI=1S/C18H30O2.C3H6O.C2H4O/c1-4-5-6-7-8-9-10-13-16-14-11-12-15-17(16)20-18(2,3)19;1-2-3-4;1-2-3-1/h11-12,14-15,19H,4-10,13H2,1-3H3;2,4H,1,3H2;1-2H2. The van der Waals surface area contributed by atoms with Crippen LogP contribution in [0.1, 0.15) is 71.3 Å². The van der Waals surface area contributed by atoms with Crippen molar-refractivity contribution in [3.05, 3.63) is 42.5 Å². The van der Waals surface area contributed by atoms with Gasteiger partial charge in [0.25, 0.3) is 0 Å². The molecule has 4 nitrogen and oxygen atoms in total. The molecule has 156 valence electrons. The Bertz CT molecular complexity index is 461. The van der Waals surface area contributed by atoms with Gasteiger partial charge in [0.2, 0.25) is 5.79 Å². The molecular formula is C23H40O4. The Labute approximate surface area is 166 Å². The first-order chi connectivity index (χ1) is 12.9. The molecule has 0 bridgehead atoms. The highest BCUT2D eigenvalue weighted by molar-refractivity contribution is 5.33. The van der Waals surface area contributed by atoms with Crippen molar-refractivity contribution in [2.45, 2.75) is 77.9 Å². The summed E-state index contributed by atoms with van der Waals surface area (Å²) in [6.45, 7) is 10.9. The Hall–Kier alpha value is -1.36. The molecule has 1 heterocycles. The normalized spacial score (nSPS) is 12.2. The van der Waals surface area contributed by atoms with Crippen LogP contribution in [0.5, 0.6) is 5.75 Å². The lowest BCUT2D eigenvalue weighted by Crippen LogP contribution is -2.27. The average molecular weight is 381 g/mol. The molecular weight excluding hydrogens is 340 g/mol. The zero-order valence-corrected chi connectivity index (χ0v) is 17.6. The number of hydrogen-bond donors (Lipinski definition) is 2. The third-order valence-corrected chi connectivity index (χ3v) is 3.72. The van der Waals surface area contributed by atoms with Crippen LogP contribution < -0.4 is 4.74 Å². The van der Waals surface area contributed by atoms with Gasteiger partial charge in [0.1, 0.15) is 5.75 Å². The van der Waals surface area contributed by atoms with Crippen LogP contribution in [-0.4, -0.2) is 35.8 Å². The van der Waals surface area contributed by atoms with Crippen molar-refractivity contribution in [3.63, 3.8) is 0 Å². The second kappa shape index (κ2) is 16.8. The number of aliphatic hydroxyl groups excluding tert-OH is 1. The van der Waals surface area contributed by atoms with Crippen molar-refractivity contribution >= 4 is 0 Å². The summed E-state index contributed by atoms with van der Waals surface area (Å²) in [7, 11) is 0. The molecule has 1 aliphatic rings. The van der Waals surface area contributed by atoms with E-state index in [1.165, 1.54) is 56.6 Å². The molecule has 2 rings (SSSR count). The summed E-state index contributed by atoms with van der Waals surface area (Å²) < 4.78 is 10.1. The Morgan fingerprint density at radius 2 is 1.59 bits per heavy atom. The smallest absolute Gasteiger partial charge is 0.202 e. The zero-order chi connectivity index (χ0) is 20.4. The second-order valence-corrected chi connectivity index (χ2v) is 7.11. The molecule has 1 aromatic rings. The Morgan fingerprint density at radius 1 is 1.07 bits per heavy atom. The lowest BCUT2D eigenvalue weighted by atomic mass is 10.0. The molecule has 0 saturated carbocycles. The first-order valence-electron chi connectivity index (χ1n) is 10.2. The van der Waals surface area contributed by atoms with Gasteiger partial charge < -0.3 is 19.7 Å². The van der Waals surface area contributed by atoms with E-state index in [-0.39, 0.29) is 6.61 Å². The molecule has 0 unspecified atom stereocenters. The van der Waals surface area contributed by atoms with Gasteiger partial charge in [-0.15, -0.1) is 6.58 Å². The summed E-state index contributed by atoms with van der Waals surface area (Å²) in [5.74, 6) is -0.304. The van der Waals surface area contributed by atoms with Crippen LogP contribution in [-0.2, 0) is 11.2 Å². The Balaban J connectivity index is 0.000000809. The van der Waals surface area contributed by atoms with Crippen molar-refractivity contribution in [2.75, 3.05) is 19.8 Å². The summed E-state index contributed by atoms with van der Waals surface area (Å²) >= 11 is 0. The van der Waals surface area contributed by atoms with Gasteiger partial charge in [0, 0.05) is 13.8 Å². The molecule has 0 amide bonds. The number of aryl methyl sites for hydroxylation is 1. The predicted molar refractivity (Wildman–Crippen MR) is 113 cm³/mol. The number of aliphatic hydroxyl groups is 2. The summed E-state index contributed by atoms with van der Waals surface area (Å²) in [6.07, 6.45) is 11.7. The topological polar surface area (TPSA) is 62.2 Å². The summed E-state index contributed by atoms with van der Waals surface area (Å²) in [5, 5.41) is 17.5. The first-order valence-corrected chi connectivity index (χ1v) is 10.2. The Kier molecular flexibility index (Phi) is 15.9. The summed E-state index contributed by atoms with van der Waals surface area (Å²) in [6, 6.07) is 8.02. The summed E-state index contributed by atoms with van der Waals surface area (Å²) in [5.41, 5.74) is 1.20. The van der Waals surface area contributed by atoms with E-state index < -0.39 is 5.79 Å². The fourth-order valence-corrected chi connectivity index (χ4v) is 2.35. The van der Waals surface area contributed by atoms with Crippen LogP contribution in [0, 0.1) is 0 Å². The first kappa shape index (κ1) is 25.6. The monoisotopic (exact) mass is 380 g/mol. The minimum absolute atomic E-state index is 0.0833. The van der Waals surface area contributed by atoms with Gasteiger partial charge in [-0.3, -0.25) is 0 Å². The van der Waals surface area contributed by atoms with Gasteiger partial charge in [-0.25, -0.2) is 0 Å². The fourth-order valence-electron chi connectivity index (χ4n) is 2.35. The van der Waals surface area contributed by atoms with Gasteiger partial charge >= 0.3 is 0 Å². The van der Waals surface area contributed by atoms with E-state index in [0.29, 0.717) is 0 Å². The Morgan fingerprint density at radius 3 is 2.07 bits per heavy atom. The number of rotatable bonds is 11.